The largest absolute Gasteiger partial charge is 0.320 e. The van der Waals surface area contributed by atoms with Crippen LogP contribution < -0.4 is 5.32 Å². The number of hydrogen-bond acceptors (Lipinski definition) is 3. The fraction of sp³-hybridized carbons (Fsp3) is 0.385. The molecule has 0 saturated carbocycles. The highest BCUT2D eigenvalue weighted by Gasteiger charge is 2.20. The van der Waals surface area contributed by atoms with Crippen molar-refractivity contribution in [3.8, 4) is 0 Å². The Balaban J connectivity index is 1.61. The quantitative estimate of drug-likeness (QED) is 0.854. The number of rotatable bonds is 3. The highest BCUT2D eigenvalue weighted by molar-refractivity contribution is 5.33. The Morgan fingerprint density at radius 1 is 1.29 bits per heavy atom. The van der Waals surface area contributed by atoms with Crippen molar-refractivity contribution in [2.24, 2.45) is 7.05 Å². The molecule has 2 aromatic rings. The molecule has 1 aromatic heterocycles. The Hall–Kier alpha value is -1.68. The smallest absolute Gasteiger partial charge is 0.146 e. The SMILES string of the molecule is Cn1cnnc1CNC1Cc2ccccc2C1. The van der Waals surface area contributed by atoms with E-state index in [2.05, 4.69) is 39.8 Å². The molecule has 0 fully saturated rings. The topological polar surface area (TPSA) is 42.7 Å². The van der Waals surface area contributed by atoms with Gasteiger partial charge >= 0.3 is 0 Å². The number of fused-ring (bicyclic) bond motifs is 1. The fourth-order valence-electron chi connectivity index (χ4n) is 2.41. The third kappa shape index (κ3) is 2.08. The summed E-state index contributed by atoms with van der Waals surface area (Å²) in [5, 5.41) is 11.5. The van der Waals surface area contributed by atoms with Gasteiger partial charge in [0.25, 0.3) is 0 Å². The van der Waals surface area contributed by atoms with Gasteiger partial charge in [0.1, 0.15) is 12.2 Å². The Kier molecular flexibility index (Phi) is 2.65. The van der Waals surface area contributed by atoms with Crippen LogP contribution in [0.2, 0.25) is 0 Å². The second-order valence-corrected chi connectivity index (χ2v) is 4.61. The Morgan fingerprint density at radius 3 is 2.59 bits per heavy atom. The lowest BCUT2D eigenvalue weighted by Crippen LogP contribution is -2.30. The summed E-state index contributed by atoms with van der Waals surface area (Å²) in [4.78, 5) is 0. The van der Waals surface area contributed by atoms with Gasteiger partial charge in [-0.15, -0.1) is 10.2 Å². The number of nitrogens with zero attached hydrogens (tertiary/aromatic N) is 3. The van der Waals surface area contributed by atoms with Gasteiger partial charge in [-0.05, 0) is 24.0 Å². The Bertz CT molecular complexity index is 493. The molecule has 1 aromatic carbocycles. The van der Waals surface area contributed by atoms with Crippen LogP contribution in [0.3, 0.4) is 0 Å². The molecule has 1 aliphatic rings. The standard InChI is InChI=1S/C13H16N4/c1-17-9-15-16-13(17)8-14-12-6-10-4-2-3-5-11(10)7-12/h2-5,9,12,14H,6-8H2,1H3. The lowest BCUT2D eigenvalue weighted by Gasteiger charge is -2.10. The first-order valence-electron chi connectivity index (χ1n) is 5.96. The molecule has 1 heterocycles. The maximum absolute atomic E-state index is 4.08. The van der Waals surface area contributed by atoms with Crippen molar-refractivity contribution in [1.82, 2.24) is 20.1 Å². The lowest BCUT2D eigenvalue weighted by atomic mass is 10.1. The van der Waals surface area contributed by atoms with Crippen LogP contribution in [0.25, 0.3) is 0 Å². The van der Waals surface area contributed by atoms with Crippen LogP contribution in [-0.2, 0) is 26.4 Å². The van der Waals surface area contributed by atoms with E-state index in [4.69, 9.17) is 0 Å². The fourth-order valence-corrected chi connectivity index (χ4v) is 2.41. The van der Waals surface area contributed by atoms with Gasteiger partial charge in [-0.3, -0.25) is 0 Å². The number of benzene rings is 1. The average Bonchev–Trinajstić information content (AvgIpc) is 2.92. The molecular formula is C13H16N4. The van der Waals surface area contributed by atoms with Crippen LogP contribution in [0.4, 0.5) is 0 Å². The number of aromatic nitrogens is 3. The molecule has 88 valence electrons. The van der Waals surface area contributed by atoms with E-state index < -0.39 is 0 Å². The van der Waals surface area contributed by atoms with Crippen molar-refractivity contribution in [2.45, 2.75) is 25.4 Å². The van der Waals surface area contributed by atoms with Gasteiger partial charge in [-0.2, -0.15) is 0 Å². The zero-order valence-corrected chi connectivity index (χ0v) is 9.93. The van der Waals surface area contributed by atoms with Gasteiger partial charge in [0.2, 0.25) is 0 Å². The van der Waals surface area contributed by atoms with E-state index in [1.165, 1.54) is 11.1 Å². The summed E-state index contributed by atoms with van der Waals surface area (Å²) >= 11 is 0. The Morgan fingerprint density at radius 2 is 2.00 bits per heavy atom. The summed E-state index contributed by atoms with van der Waals surface area (Å²) in [6.45, 7) is 0.787. The first kappa shape index (κ1) is 10.5. The third-order valence-electron chi connectivity index (χ3n) is 3.41. The zero-order chi connectivity index (χ0) is 11.7. The predicted molar refractivity (Wildman–Crippen MR) is 65.5 cm³/mol. The van der Waals surface area contributed by atoms with E-state index in [1.54, 1.807) is 6.33 Å². The van der Waals surface area contributed by atoms with Crippen LogP contribution in [0, 0.1) is 0 Å². The van der Waals surface area contributed by atoms with E-state index in [0.29, 0.717) is 6.04 Å². The number of hydrogen-bond donors (Lipinski definition) is 1. The van der Waals surface area contributed by atoms with E-state index >= 15 is 0 Å². The summed E-state index contributed by atoms with van der Waals surface area (Å²) in [6, 6.07) is 9.20. The molecule has 17 heavy (non-hydrogen) atoms. The van der Waals surface area contributed by atoms with E-state index in [0.717, 1.165) is 25.2 Å². The van der Waals surface area contributed by atoms with E-state index in [9.17, 15) is 0 Å². The summed E-state index contributed by atoms with van der Waals surface area (Å²) in [5.41, 5.74) is 2.95. The van der Waals surface area contributed by atoms with Gasteiger partial charge < -0.3 is 9.88 Å². The normalized spacial score (nSPS) is 15.1. The maximum atomic E-state index is 4.08. The molecule has 3 rings (SSSR count). The van der Waals surface area contributed by atoms with Gasteiger partial charge in [-0.25, -0.2) is 0 Å². The maximum Gasteiger partial charge on any atom is 0.146 e. The third-order valence-corrected chi connectivity index (χ3v) is 3.41. The molecule has 0 aliphatic heterocycles. The van der Waals surface area contributed by atoms with Gasteiger partial charge in [-0.1, -0.05) is 24.3 Å². The van der Waals surface area contributed by atoms with Crippen molar-refractivity contribution in [3.63, 3.8) is 0 Å². The zero-order valence-electron chi connectivity index (χ0n) is 9.93. The molecule has 4 heteroatoms. The molecule has 4 nitrogen and oxygen atoms in total. The molecule has 0 spiro atoms. The van der Waals surface area contributed by atoms with Crippen LogP contribution in [0.5, 0.6) is 0 Å². The summed E-state index contributed by atoms with van der Waals surface area (Å²) < 4.78 is 1.95. The Labute approximate surface area is 101 Å². The van der Waals surface area contributed by atoms with Crippen LogP contribution >= 0.6 is 0 Å². The van der Waals surface area contributed by atoms with Gasteiger partial charge in [0, 0.05) is 13.1 Å². The molecule has 0 unspecified atom stereocenters. The molecular weight excluding hydrogens is 212 g/mol. The first-order chi connectivity index (χ1) is 8.33. The van der Waals surface area contributed by atoms with Crippen molar-refractivity contribution >= 4 is 0 Å². The summed E-state index contributed by atoms with van der Waals surface area (Å²) in [7, 11) is 1.97. The second-order valence-electron chi connectivity index (χ2n) is 4.61. The molecule has 1 N–H and O–H groups in total. The van der Waals surface area contributed by atoms with Crippen molar-refractivity contribution in [1.29, 1.82) is 0 Å². The van der Waals surface area contributed by atoms with Crippen LogP contribution in [-0.4, -0.2) is 20.8 Å². The summed E-state index contributed by atoms with van der Waals surface area (Å²) in [6.07, 6.45) is 3.97. The van der Waals surface area contributed by atoms with Crippen LogP contribution in [0.15, 0.2) is 30.6 Å². The molecule has 0 bridgehead atoms. The van der Waals surface area contributed by atoms with Crippen LogP contribution in [0.1, 0.15) is 17.0 Å². The van der Waals surface area contributed by atoms with Crippen molar-refractivity contribution in [2.75, 3.05) is 0 Å². The highest BCUT2D eigenvalue weighted by Crippen LogP contribution is 2.21. The minimum absolute atomic E-state index is 0.532. The lowest BCUT2D eigenvalue weighted by molar-refractivity contribution is 0.514. The van der Waals surface area contributed by atoms with E-state index in [-0.39, 0.29) is 0 Å². The number of nitrogens with one attached hydrogen (secondary N) is 1. The minimum Gasteiger partial charge on any atom is -0.320 e. The molecule has 0 saturated heterocycles. The van der Waals surface area contributed by atoms with Crippen molar-refractivity contribution < 1.29 is 0 Å². The molecule has 1 aliphatic carbocycles. The average molecular weight is 228 g/mol. The molecule has 0 atom stereocenters. The molecule has 0 amide bonds. The second kappa shape index (κ2) is 4.30. The van der Waals surface area contributed by atoms with Gasteiger partial charge in [0.05, 0.1) is 6.54 Å². The first-order valence-corrected chi connectivity index (χ1v) is 5.96. The molecule has 0 radical (unpaired) electrons. The van der Waals surface area contributed by atoms with Crippen molar-refractivity contribution in [3.05, 3.63) is 47.5 Å². The van der Waals surface area contributed by atoms with Gasteiger partial charge in [0.15, 0.2) is 0 Å². The monoisotopic (exact) mass is 228 g/mol. The highest BCUT2D eigenvalue weighted by atomic mass is 15.3. The number of aryl methyl sites for hydroxylation is 1. The predicted octanol–water partition coefficient (Wildman–Crippen LogP) is 1.07. The van der Waals surface area contributed by atoms with E-state index in [1.807, 2.05) is 11.6 Å². The summed E-state index contributed by atoms with van der Waals surface area (Å²) in [5.74, 6) is 0.987. The minimum atomic E-state index is 0.532.